The maximum Gasteiger partial charge on any atom is 0.123 e. The number of aromatic nitrogens is 1. The third-order valence-electron chi connectivity index (χ3n) is 12.4. The average molecular weight is 710 g/mol. The van der Waals surface area contributed by atoms with Crippen molar-refractivity contribution in [3.05, 3.63) is 233 Å². The average Bonchev–Trinajstić information content (AvgIpc) is 3.71. The topological polar surface area (TPSA) is 4.93 Å². The minimum atomic E-state index is -0.504. The lowest BCUT2D eigenvalue weighted by Crippen LogP contribution is -2.31. The summed E-state index contributed by atoms with van der Waals surface area (Å²) >= 11 is 0. The molecule has 0 N–H and O–H groups in total. The normalized spacial score (nSPS) is 15.0. The summed E-state index contributed by atoms with van der Waals surface area (Å²) in [5, 5.41) is 2.37. The van der Waals surface area contributed by atoms with Gasteiger partial charge in [0.25, 0.3) is 0 Å². The quantitative estimate of drug-likeness (QED) is 0.145. The van der Waals surface area contributed by atoms with Gasteiger partial charge in [-0.25, -0.2) is 4.39 Å². The van der Waals surface area contributed by atoms with Crippen molar-refractivity contribution >= 4 is 21.8 Å². The first-order chi connectivity index (χ1) is 27.0. The molecule has 0 amide bonds. The molecule has 0 fully saturated rings. The molecule has 0 radical (unpaired) electrons. The van der Waals surface area contributed by atoms with Crippen LogP contribution in [0.1, 0.15) is 53.6 Å². The van der Waals surface area contributed by atoms with Crippen molar-refractivity contribution in [2.45, 2.75) is 31.1 Å². The molecule has 0 spiro atoms. The fraction of sp³-hybridized carbons (Fsp3) is 0.0943. The van der Waals surface area contributed by atoms with Gasteiger partial charge in [0.1, 0.15) is 5.82 Å². The van der Waals surface area contributed by atoms with Crippen LogP contribution in [0.4, 0.5) is 4.39 Å². The molecule has 264 valence electrons. The number of rotatable bonds is 7. The SMILES string of the molecule is CCC1(C)c2cc(-c3ccc4c(c3)c3ccccc3n4-c3ccc(F)cc3)ccc2-c2ccc(C(c3ccccc3)(c3ccccc3)c3ccccc3)cc21. The predicted molar refractivity (Wildman–Crippen MR) is 227 cm³/mol. The van der Waals surface area contributed by atoms with Crippen LogP contribution in [0.15, 0.2) is 194 Å². The van der Waals surface area contributed by atoms with Crippen molar-refractivity contribution < 1.29 is 4.39 Å². The second-order valence-corrected chi connectivity index (χ2v) is 15.1. The van der Waals surface area contributed by atoms with Crippen molar-refractivity contribution in [2.24, 2.45) is 0 Å². The fourth-order valence-corrected chi connectivity index (χ4v) is 9.50. The zero-order chi connectivity index (χ0) is 37.1. The summed E-state index contributed by atoms with van der Waals surface area (Å²) in [5.41, 5.74) is 15.3. The van der Waals surface area contributed by atoms with Gasteiger partial charge in [-0.3, -0.25) is 0 Å². The Hall–Kier alpha value is -6.51. The predicted octanol–water partition coefficient (Wildman–Crippen LogP) is 13.7. The summed E-state index contributed by atoms with van der Waals surface area (Å²) in [4.78, 5) is 0. The number of nitrogens with zero attached hydrogens (tertiary/aromatic N) is 1. The molecule has 0 aliphatic heterocycles. The van der Waals surface area contributed by atoms with Crippen LogP contribution in [0.2, 0.25) is 0 Å². The minimum Gasteiger partial charge on any atom is -0.309 e. The molecule has 1 aliphatic rings. The van der Waals surface area contributed by atoms with Gasteiger partial charge < -0.3 is 4.57 Å². The largest absolute Gasteiger partial charge is 0.309 e. The van der Waals surface area contributed by atoms with Gasteiger partial charge in [-0.15, -0.1) is 0 Å². The van der Waals surface area contributed by atoms with Crippen LogP contribution in [-0.2, 0) is 10.8 Å². The summed E-state index contributed by atoms with van der Waals surface area (Å²) in [6.45, 7) is 4.76. The highest BCUT2D eigenvalue weighted by molar-refractivity contribution is 6.10. The molecular weight excluding hydrogens is 670 g/mol. The molecule has 8 aromatic carbocycles. The fourth-order valence-electron chi connectivity index (χ4n) is 9.50. The van der Waals surface area contributed by atoms with E-state index in [-0.39, 0.29) is 11.2 Å². The van der Waals surface area contributed by atoms with Crippen molar-refractivity contribution in [3.8, 4) is 27.9 Å². The van der Waals surface area contributed by atoms with E-state index in [9.17, 15) is 4.39 Å². The Labute approximate surface area is 322 Å². The Morgan fingerprint density at radius 1 is 0.473 bits per heavy atom. The van der Waals surface area contributed by atoms with E-state index in [4.69, 9.17) is 0 Å². The summed E-state index contributed by atoms with van der Waals surface area (Å²) in [7, 11) is 0. The van der Waals surface area contributed by atoms with Gasteiger partial charge in [-0.2, -0.15) is 0 Å². The summed E-state index contributed by atoms with van der Waals surface area (Å²) in [6, 6.07) is 69.4. The van der Waals surface area contributed by atoms with Gasteiger partial charge in [0.2, 0.25) is 0 Å². The second-order valence-electron chi connectivity index (χ2n) is 15.1. The monoisotopic (exact) mass is 709 g/mol. The van der Waals surface area contributed by atoms with E-state index in [0.717, 1.165) is 23.1 Å². The zero-order valence-electron chi connectivity index (χ0n) is 31.0. The molecule has 1 nitrogen and oxygen atoms in total. The molecule has 55 heavy (non-hydrogen) atoms. The smallest absolute Gasteiger partial charge is 0.123 e. The number of hydrogen-bond donors (Lipinski definition) is 0. The maximum atomic E-state index is 13.9. The van der Waals surface area contributed by atoms with E-state index in [0.29, 0.717) is 0 Å². The lowest BCUT2D eigenvalue weighted by Gasteiger charge is -2.38. The Morgan fingerprint density at radius 3 is 1.60 bits per heavy atom. The molecule has 0 saturated carbocycles. The van der Waals surface area contributed by atoms with Crippen LogP contribution in [-0.4, -0.2) is 4.57 Å². The first kappa shape index (κ1) is 33.1. The van der Waals surface area contributed by atoms with E-state index in [1.54, 1.807) is 0 Å². The van der Waals surface area contributed by atoms with Crippen LogP contribution >= 0.6 is 0 Å². The summed E-state index contributed by atoms with van der Waals surface area (Å²) in [5.74, 6) is -0.233. The van der Waals surface area contributed by atoms with E-state index in [1.807, 2.05) is 12.1 Å². The van der Waals surface area contributed by atoms with E-state index in [1.165, 1.54) is 78.5 Å². The molecule has 2 heteroatoms. The van der Waals surface area contributed by atoms with E-state index < -0.39 is 5.41 Å². The van der Waals surface area contributed by atoms with Gasteiger partial charge >= 0.3 is 0 Å². The Morgan fingerprint density at radius 2 is 0.982 bits per heavy atom. The first-order valence-corrected chi connectivity index (χ1v) is 19.3. The second kappa shape index (κ2) is 12.8. The van der Waals surface area contributed by atoms with Crippen LogP contribution in [0, 0.1) is 5.82 Å². The summed E-state index contributed by atoms with van der Waals surface area (Å²) < 4.78 is 16.2. The Kier molecular flexibility index (Phi) is 7.71. The molecule has 1 aromatic heterocycles. The van der Waals surface area contributed by atoms with Gasteiger partial charge in [-0.1, -0.05) is 159 Å². The third kappa shape index (κ3) is 4.98. The van der Waals surface area contributed by atoms with Crippen molar-refractivity contribution in [3.63, 3.8) is 0 Å². The minimum absolute atomic E-state index is 0.185. The van der Waals surface area contributed by atoms with E-state index >= 15 is 0 Å². The molecule has 1 unspecified atom stereocenters. The number of hydrogen-bond acceptors (Lipinski definition) is 0. The molecule has 1 heterocycles. The van der Waals surface area contributed by atoms with Gasteiger partial charge in [0, 0.05) is 21.9 Å². The highest BCUT2D eigenvalue weighted by atomic mass is 19.1. The number of para-hydroxylation sites is 1. The third-order valence-corrected chi connectivity index (χ3v) is 12.4. The van der Waals surface area contributed by atoms with Crippen LogP contribution < -0.4 is 0 Å². The number of fused-ring (bicyclic) bond motifs is 6. The molecule has 9 aromatic rings. The summed E-state index contributed by atoms with van der Waals surface area (Å²) in [6.07, 6.45) is 0.971. The van der Waals surface area contributed by atoms with Crippen LogP contribution in [0.5, 0.6) is 0 Å². The number of halogens is 1. The first-order valence-electron chi connectivity index (χ1n) is 19.3. The van der Waals surface area contributed by atoms with Gasteiger partial charge in [0.05, 0.1) is 16.4 Å². The maximum absolute atomic E-state index is 13.9. The van der Waals surface area contributed by atoms with Crippen LogP contribution in [0.3, 0.4) is 0 Å². The van der Waals surface area contributed by atoms with Crippen LogP contribution in [0.25, 0.3) is 49.7 Å². The van der Waals surface area contributed by atoms with Gasteiger partial charge in [0.15, 0.2) is 0 Å². The molecule has 1 atom stereocenters. The molecular formula is C53H40FN. The van der Waals surface area contributed by atoms with Crippen molar-refractivity contribution in [1.82, 2.24) is 4.57 Å². The highest BCUT2D eigenvalue weighted by Crippen LogP contribution is 2.54. The lowest BCUT2D eigenvalue weighted by atomic mass is 9.64. The Bertz CT molecular complexity index is 2760. The van der Waals surface area contributed by atoms with Gasteiger partial charge in [-0.05, 0) is 111 Å². The highest BCUT2D eigenvalue weighted by Gasteiger charge is 2.43. The number of benzene rings is 8. The molecule has 0 saturated heterocycles. The lowest BCUT2D eigenvalue weighted by molar-refractivity contribution is 0.563. The Balaban J connectivity index is 1.13. The van der Waals surface area contributed by atoms with Crippen molar-refractivity contribution in [2.75, 3.05) is 0 Å². The molecule has 0 bridgehead atoms. The standard InChI is InChI=1S/C53H40FN/c1-3-52(2)48-34-37(36-24-32-51-47(33-36)46-21-13-14-22-50(46)55(51)43-28-26-42(54)27-29-43)23-30-44(48)45-31-25-41(35-49(45)52)53(38-15-7-4-8-16-38,39-17-9-5-10-18-39)40-19-11-6-12-20-40/h4-35H,3H2,1-2H3. The van der Waals surface area contributed by atoms with Crippen molar-refractivity contribution in [1.29, 1.82) is 0 Å². The van der Waals surface area contributed by atoms with E-state index in [2.05, 4.69) is 188 Å². The molecule has 10 rings (SSSR count). The zero-order valence-corrected chi connectivity index (χ0v) is 31.0. The molecule has 1 aliphatic carbocycles.